The maximum absolute atomic E-state index is 6.07. The van der Waals surface area contributed by atoms with Gasteiger partial charge < -0.3 is 15.8 Å². The van der Waals surface area contributed by atoms with Crippen LogP contribution in [0, 0.1) is 5.92 Å². The zero-order valence-corrected chi connectivity index (χ0v) is 14.5. The summed E-state index contributed by atoms with van der Waals surface area (Å²) in [5.41, 5.74) is 9.22. The zero-order valence-electron chi connectivity index (χ0n) is 14.5. The number of rotatable bonds is 6. The predicted octanol–water partition coefficient (Wildman–Crippen LogP) is 4.52. The monoisotopic (exact) mass is 332 g/mol. The van der Waals surface area contributed by atoms with E-state index >= 15 is 0 Å². The Morgan fingerprint density at radius 1 is 1.08 bits per heavy atom. The molecule has 1 aliphatic rings. The molecule has 3 aromatic carbocycles. The van der Waals surface area contributed by atoms with Gasteiger partial charge >= 0.3 is 0 Å². The molecule has 1 fully saturated rings. The van der Waals surface area contributed by atoms with E-state index in [0.29, 0.717) is 0 Å². The Bertz CT molecular complexity index is 886. The highest BCUT2D eigenvalue weighted by molar-refractivity contribution is 5.88. The average Bonchev–Trinajstić information content (AvgIpc) is 3.46. The fraction of sp³-hybridized carbons (Fsp3) is 0.273. The van der Waals surface area contributed by atoms with Crippen molar-refractivity contribution >= 4 is 16.5 Å². The minimum absolute atomic E-state index is 0.0603. The summed E-state index contributed by atoms with van der Waals surface area (Å²) in [6.07, 6.45) is 2.65. The molecule has 0 bridgehead atoms. The smallest absolute Gasteiger partial charge is 0.124 e. The first-order valence-electron chi connectivity index (χ1n) is 8.90. The largest absolute Gasteiger partial charge is 0.496 e. The third-order valence-electron chi connectivity index (χ3n) is 4.99. The van der Waals surface area contributed by atoms with Gasteiger partial charge in [0.05, 0.1) is 13.2 Å². The summed E-state index contributed by atoms with van der Waals surface area (Å²) < 4.78 is 5.74. The molecule has 0 saturated heterocycles. The number of anilines is 1. The highest BCUT2D eigenvalue weighted by atomic mass is 16.5. The Balaban J connectivity index is 1.86. The summed E-state index contributed by atoms with van der Waals surface area (Å²) in [5, 5.41) is 6.22. The van der Waals surface area contributed by atoms with Gasteiger partial charge in [-0.05, 0) is 59.8 Å². The second kappa shape index (κ2) is 6.77. The van der Waals surface area contributed by atoms with Crippen LogP contribution < -0.4 is 15.8 Å². The van der Waals surface area contributed by atoms with E-state index in [9.17, 15) is 0 Å². The van der Waals surface area contributed by atoms with Crippen LogP contribution >= 0.6 is 0 Å². The van der Waals surface area contributed by atoms with Crippen LogP contribution in [0.5, 0.6) is 5.75 Å². The molecule has 0 spiro atoms. The number of methoxy groups -OCH3 is 1. The molecule has 25 heavy (non-hydrogen) atoms. The van der Waals surface area contributed by atoms with E-state index in [-0.39, 0.29) is 6.04 Å². The topological polar surface area (TPSA) is 47.3 Å². The van der Waals surface area contributed by atoms with E-state index in [4.69, 9.17) is 10.5 Å². The van der Waals surface area contributed by atoms with E-state index in [0.717, 1.165) is 23.9 Å². The van der Waals surface area contributed by atoms with Crippen molar-refractivity contribution in [2.75, 3.05) is 19.4 Å². The fourth-order valence-corrected chi connectivity index (χ4v) is 3.48. The maximum Gasteiger partial charge on any atom is 0.124 e. The number of nitrogens with one attached hydrogen (secondary N) is 1. The quantitative estimate of drug-likeness (QED) is 0.653. The fourth-order valence-electron chi connectivity index (χ4n) is 3.48. The van der Waals surface area contributed by atoms with E-state index in [1.54, 1.807) is 7.11 Å². The first-order valence-corrected chi connectivity index (χ1v) is 8.90. The molecule has 1 unspecified atom stereocenters. The first-order chi connectivity index (χ1) is 12.3. The van der Waals surface area contributed by atoms with Gasteiger partial charge in [0.2, 0.25) is 0 Å². The molecule has 1 saturated carbocycles. The molecule has 3 N–H and O–H groups in total. The number of hydrogen-bond donors (Lipinski definition) is 2. The molecule has 1 atom stereocenters. The minimum atomic E-state index is 0.0603. The van der Waals surface area contributed by atoms with E-state index < -0.39 is 0 Å². The lowest BCUT2D eigenvalue weighted by Crippen LogP contribution is -2.25. The van der Waals surface area contributed by atoms with E-state index in [1.807, 2.05) is 12.1 Å². The van der Waals surface area contributed by atoms with Gasteiger partial charge in [-0.2, -0.15) is 0 Å². The third kappa shape index (κ3) is 3.33. The van der Waals surface area contributed by atoms with Crippen LogP contribution in [0.25, 0.3) is 10.8 Å². The number of nitrogens with two attached hydrogens (primary N) is 1. The summed E-state index contributed by atoms with van der Waals surface area (Å²) in [4.78, 5) is 0. The lowest BCUT2D eigenvalue weighted by molar-refractivity contribution is 0.404. The highest BCUT2D eigenvalue weighted by Gasteiger charge is 2.26. The van der Waals surface area contributed by atoms with Crippen LogP contribution in [0.3, 0.4) is 0 Å². The number of ether oxygens (including phenoxy) is 1. The van der Waals surface area contributed by atoms with E-state index in [1.165, 1.54) is 34.7 Å². The molecule has 4 rings (SSSR count). The molecule has 0 aliphatic heterocycles. The van der Waals surface area contributed by atoms with Crippen molar-refractivity contribution in [3.8, 4) is 5.75 Å². The number of benzene rings is 3. The Kier molecular flexibility index (Phi) is 4.33. The van der Waals surface area contributed by atoms with Gasteiger partial charge in [-0.25, -0.2) is 0 Å². The van der Waals surface area contributed by atoms with Gasteiger partial charge in [0, 0.05) is 11.3 Å². The van der Waals surface area contributed by atoms with Crippen LogP contribution in [0.1, 0.15) is 30.0 Å². The van der Waals surface area contributed by atoms with Gasteiger partial charge in [-0.15, -0.1) is 0 Å². The maximum atomic E-state index is 6.07. The standard InChI is InChI=1S/C22H24N2O/c1-25-20-12-11-16-5-2-3-8-19(16)21(20)22(24-14-15-9-10-15)17-6-4-7-18(23)13-17/h2-8,11-13,15,22,24H,9-10,14,23H2,1H3. The summed E-state index contributed by atoms with van der Waals surface area (Å²) in [6.45, 7) is 1.02. The summed E-state index contributed by atoms with van der Waals surface area (Å²) in [5.74, 6) is 1.71. The lowest BCUT2D eigenvalue weighted by Gasteiger charge is -2.24. The SMILES string of the molecule is COc1ccc2ccccc2c1C(NCC1CC1)c1cccc(N)c1. The van der Waals surface area contributed by atoms with Crippen molar-refractivity contribution in [1.29, 1.82) is 0 Å². The highest BCUT2D eigenvalue weighted by Crippen LogP contribution is 2.38. The second-order valence-electron chi connectivity index (χ2n) is 6.86. The van der Waals surface area contributed by atoms with Gasteiger partial charge in [0.25, 0.3) is 0 Å². The normalized spacial score (nSPS) is 15.2. The lowest BCUT2D eigenvalue weighted by atomic mass is 9.92. The molecule has 3 aromatic rings. The van der Waals surface area contributed by atoms with Crippen molar-refractivity contribution in [1.82, 2.24) is 5.32 Å². The number of hydrogen-bond acceptors (Lipinski definition) is 3. The zero-order chi connectivity index (χ0) is 17.2. The summed E-state index contributed by atoms with van der Waals surface area (Å²) in [6, 6.07) is 20.9. The van der Waals surface area contributed by atoms with Gasteiger partial charge in [-0.1, -0.05) is 42.5 Å². The summed E-state index contributed by atoms with van der Waals surface area (Å²) >= 11 is 0. The minimum Gasteiger partial charge on any atom is -0.496 e. The summed E-state index contributed by atoms with van der Waals surface area (Å²) in [7, 11) is 1.74. The van der Waals surface area contributed by atoms with Crippen molar-refractivity contribution in [3.05, 3.63) is 71.8 Å². The molecular weight excluding hydrogens is 308 g/mol. The van der Waals surface area contributed by atoms with E-state index in [2.05, 4.69) is 53.8 Å². The van der Waals surface area contributed by atoms with Gasteiger partial charge in [-0.3, -0.25) is 0 Å². The molecule has 0 aromatic heterocycles. The van der Waals surface area contributed by atoms with Crippen LogP contribution in [0.15, 0.2) is 60.7 Å². The molecule has 0 radical (unpaired) electrons. The number of fused-ring (bicyclic) bond motifs is 1. The molecule has 0 amide bonds. The number of nitrogen functional groups attached to an aromatic ring is 1. The Morgan fingerprint density at radius 2 is 1.92 bits per heavy atom. The van der Waals surface area contributed by atoms with Crippen molar-refractivity contribution in [2.45, 2.75) is 18.9 Å². The van der Waals surface area contributed by atoms with Crippen LogP contribution in [-0.4, -0.2) is 13.7 Å². The Morgan fingerprint density at radius 3 is 2.68 bits per heavy atom. The first kappa shape index (κ1) is 16.0. The van der Waals surface area contributed by atoms with Crippen molar-refractivity contribution < 1.29 is 4.74 Å². The molecule has 3 nitrogen and oxygen atoms in total. The van der Waals surface area contributed by atoms with Crippen LogP contribution in [0.4, 0.5) is 5.69 Å². The molecule has 3 heteroatoms. The molecule has 0 heterocycles. The van der Waals surface area contributed by atoms with Crippen molar-refractivity contribution in [3.63, 3.8) is 0 Å². The Labute approximate surface area is 148 Å². The second-order valence-corrected chi connectivity index (χ2v) is 6.86. The van der Waals surface area contributed by atoms with Gasteiger partial charge in [0.15, 0.2) is 0 Å². The van der Waals surface area contributed by atoms with Crippen LogP contribution in [-0.2, 0) is 0 Å². The predicted molar refractivity (Wildman–Crippen MR) is 104 cm³/mol. The molecular formula is C22H24N2O. The third-order valence-corrected chi connectivity index (χ3v) is 4.99. The molecule has 128 valence electrons. The van der Waals surface area contributed by atoms with Crippen LogP contribution in [0.2, 0.25) is 0 Å². The van der Waals surface area contributed by atoms with Gasteiger partial charge in [0.1, 0.15) is 5.75 Å². The Hall–Kier alpha value is -2.52. The molecule has 1 aliphatic carbocycles. The average molecular weight is 332 g/mol. The van der Waals surface area contributed by atoms with Crippen molar-refractivity contribution in [2.24, 2.45) is 5.92 Å².